The first kappa shape index (κ1) is 14.5. The van der Waals surface area contributed by atoms with Gasteiger partial charge in [-0.2, -0.15) is 0 Å². The number of carbonyl (C=O) groups excluding carboxylic acids is 2. The molecule has 1 aliphatic heterocycles. The summed E-state index contributed by atoms with van der Waals surface area (Å²) in [5.74, 6) is 0.0340. The first-order valence-electron chi connectivity index (χ1n) is 6.87. The molecular weight excluding hydrogens is 254 g/mol. The van der Waals surface area contributed by atoms with Crippen LogP contribution in [-0.4, -0.2) is 54.8 Å². The smallest absolute Gasteiger partial charge is 0.253 e. The topological polar surface area (TPSA) is 52.7 Å². The number of amides is 2. The molecule has 1 aliphatic rings. The van der Waals surface area contributed by atoms with Gasteiger partial charge < -0.3 is 15.1 Å². The van der Waals surface area contributed by atoms with Gasteiger partial charge in [-0.1, -0.05) is 12.1 Å². The van der Waals surface area contributed by atoms with E-state index in [-0.39, 0.29) is 11.8 Å². The van der Waals surface area contributed by atoms with E-state index in [2.05, 4.69) is 17.3 Å². The number of hydrogen-bond acceptors (Lipinski definition) is 3. The highest BCUT2D eigenvalue weighted by Crippen LogP contribution is 2.10. The Labute approximate surface area is 119 Å². The number of piperazine rings is 1. The monoisotopic (exact) mass is 275 g/mol. The van der Waals surface area contributed by atoms with Crippen molar-refractivity contribution < 1.29 is 9.59 Å². The maximum absolute atomic E-state index is 12.3. The Morgan fingerprint density at radius 2 is 1.70 bits per heavy atom. The molecule has 0 radical (unpaired) electrons. The van der Waals surface area contributed by atoms with Crippen molar-refractivity contribution in [1.82, 2.24) is 15.1 Å². The molecule has 1 aromatic carbocycles. The normalized spacial score (nSPS) is 16.0. The van der Waals surface area contributed by atoms with Gasteiger partial charge in [0.1, 0.15) is 0 Å². The lowest BCUT2D eigenvalue weighted by Gasteiger charge is -2.32. The van der Waals surface area contributed by atoms with Gasteiger partial charge in [0.25, 0.3) is 5.91 Å². The maximum Gasteiger partial charge on any atom is 0.253 e. The minimum Gasteiger partial charge on any atom is -0.352 e. The van der Waals surface area contributed by atoms with Crippen molar-refractivity contribution in [2.75, 3.05) is 33.2 Å². The summed E-state index contributed by atoms with van der Waals surface area (Å²) in [5.41, 5.74) is 1.70. The molecular formula is C15H21N3O2. The molecule has 1 N–H and O–H groups in total. The van der Waals surface area contributed by atoms with Gasteiger partial charge >= 0.3 is 0 Å². The molecule has 5 nitrogen and oxygen atoms in total. The lowest BCUT2D eigenvalue weighted by Crippen LogP contribution is -2.47. The zero-order valence-corrected chi connectivity index (χ0v) is 12.1. The number of nitrogens with one attached hydrogen (secondary N) is 1. The van der Waals surface area contributed by atoms with Crippen LogP contribution in [0.2, 0.25) is 0 Å². The Morgan fingerprint density at radius 1 is 1.10 bits per heavy atom. The molecule has 2 rings (SSSR count). The van der Waals surface area contributed by atoms with E-state index in [9.17, 15) is 9.59 Å². The van der Waals surface area contributed by atoms with E-state index in [0.29, 0.717) is 12.1 Å². The van der Waals surface area contributed by atoms with Crippen LogP contribution in [0.25, 0.3) is 0 Å². The number of likely N-dealkylation sites (N-methyl/N-ethyl adjacent to an activating group) is 1. The fourth-order valence-electron chi connectivity index (χ4n) is 2.18. The van der Waals surface area contributed by atoms with Crippen molar-refractivity contribution in [2.24, 2.45) is 0 Å². The van der Waals surface area contributed by atoms with Crippen LogP contribution in [0.5, 0.6) is 0 Å². The molecule has 1 aromatic rings. The molecule has 0 aromatic heterocycles. The minimum atomic E-state index is -0.0532. The molecule has 0 atom stereocenters. The van der Waals surface area contributed by atoms with Gasteiger partial charge in [0, 0.05) is 45.2 Å². The first-order chi connectivity index (χ1) is 9.56. The highest BCUT2D eigenvalue weighted by atomic mass is 16.2. The number of benzene rings is 1. The Balaban J connectivity index is 1.95. The molecule has 2 amide bonds. The third kappa shape index (κ3) is 3.81. The molecule has 108 valence electrons. The zero-order valence-electron chi connectivity index (χ0n) is 12.1. The maximum atomic E-state index is 12.3. The van der Waals surface area contributed by atoms with Crippen LogP contribution in [0, 0.1) is 0 Å². The molecule has 0 unspecified atom stereocenters. The average Bonchev–Trinajstić information content (AvgIpc) is 2.46. The van der Waals surface area contributed by atoms with E-state index in [1.54, 1.807) is 0 Å². The van der Waals surface area contributed by atoms with Crippen LogP contribution >= 0.6 is 0 Å². The van der Waals surface area contributed by atoms with E-state index in [1.165, 1.54) is 6.92 Å². The first-order valence-corrected chi connectivity index (χ1v) is 6.87. The molecule has 0 aliphatic carbocycles. The van der Waals surface area contributed by atoms with Gasteiger partial charge in [-0.3, -0.25) is 9.59 Å². The molecule has 5 heteroatoms. The van der Waals surface area contributed by atoms with Crippen molar-refractivity contribution in [3.63, 3.8) is 0 Å². The Hall–Kier alpha value is -1.88. The zero-order chi connectivity index (χ0) is 14.5. The largest absolute Gasteiger partial charge is 0.352 e. The van der Waals surface area contributed by atoms with E-state index in [4.69, 9.17) is 0 Å². The van der Waals surface area contributed by atoms with Crippen molar-refractivity contribution in [3.05, 3.63) is 35.4 Å². The van der Waals surface area contributed by atoms with Crippen LogP contribution < -0.4 is 5.32 Å². The number of nitrogens with zero attached hydrogens (tertiary/aromatic N) is 2. The fourth-order valence-corrected chi connectivity index (χ4v) is 2.18. The summed E-state index contributed by atoms with van der Waals surface area (Å²) in [6, 6.07) is 7.44. The Bertz CT molecular complexity index is 476. The fraction of sp³-hybridized carbons (Fsp3) is 0.467. The summed E-state index contributed by atoms with van der Waals surface area (Å²) < 4.78 is 0. The molecule has 0 bridgehead atoms. The third-order valence-corrected chi connectivity index (χ3v) is 3.53. The number of hydrogen-bond donors (Lipinski definition) is 1. The average molecular weight is 275 g/mol. The summed E-state index contributed by atoms with van der Waals surface area (Å²) >= 11 is 0. The number of carbonyl (C=O) groups is 2. The van der Waals surface area contributed by atoms with E-state index in [0.717, 1.165) is 31.7 Å². The van der Waals surface area contributed by atoms with Crippen molar-refractivity contribution in [3.8, 4) is 0 Å². The Kier molecular flexibility index (Phi) is 4.74. The SMILES string of the molecule is CC(=O)NCc1ccc(C(=O)N2CCN(C)CC2)cc1. The van der Waals surface area contributed by atoms with Crippen molar-refractivity contribution >= 4 is 11.8 Å². The van der Waals surface area contributed by atoms with Gasteiger partial charge in [0.05, 0.1) is 0 Å². The molecule has 0 saturated carbocycles. The molecule has 1 saturated heterocycles. The summed E-state index contributed by atoms with van der Waals surface area (Å²) in [6.45, 7) is 5.40. The summed E-state index contributed by atoms with van der Waals surface area (Å²) in [4.78, 5) is 27.3. The highest BCUT2D eigenvalue weighted by molar-refractivity contribution is 5.94. The van der Waals surface area contributed by atoms with Crippen LogP contribution in [0.15, 0.2) is 24.3 Å². The van der Waals surface area contributed by atoms with Crippen LogP contribution in [-0.2, 0) is 11.3 Å². The second-order valence-electron chi connectivity index (χ2n) is 5.20. The third-order valence-electron chi connectivity index (χ3n) is 3.53. The molecule has 0 spiro atoms. The minimum absolute atomic E-state index is 0.0532. The van der Waals surface area contributed by atoms with E-state index < -0.39 is 0 Å². The number of rotatable bonds is 3. The van der Waals surface area contributed by atoms with Crippen molar-refractivity contribution in [2.45, 2.75) is 13.5 Å². The van der Waals surface area contributed by atoms with Gasteiger partial charge in [0.15, 0.2) is 0 Å². The quantitative estimate of drug-likeness (QED) is 0.884. The summed E-state index contributed by atoms with van der Waals surface area (Å²) in [5, 5.41) is 2.74. The van der Waals surface area contributed by atoms with Crippen LogP contribution in [0.3, 0.4) is 0 Å². The summed E-state index contributed by atoms with van der Waals surface area (Å²) in [6.07, 6.45) is 0. The van der Waals surface area contributed by atoms with Crippen molar-refractivity contribution in [1.29, 1.82) is 0 Å². The van der Waals surface area contributed by atoms with Gasteiger partial charge in [-0.05, 0) is 24.7 Å². The summed E-state index contributed by atoms with van der Waals surface area (Å²) in [7, 11) is 2.07. The lowest BCUT2D eigenvalue weighted by molar-refractivity contribution is -0.119. The van der Waals surface area contributed by atoms with Gasteiger partial charge in [-0.25, -0.2) is 0 Å². The molecule has 1 fully saturated rings. The predicted molar refractivity (Wildman–Crippen MR) is 77.4 cm³/mol. The second-order valence-corrected chi connectivity index (χ2v) is 5.20. The standard InChI is InChI=1S/C15H21N3O2/c1-12(19)16-11-13-3-5-14(6-4-13)15(20)18-9-7-17(2)8-10-18/h3-6H,7-11H2,1-2H3,(H,16,19). The van der Waals surface area contributed by atoms with Gasteiger partial charge in [0.2, 0.25) is 5.91 Å². The molecule has 20 heavy (non-hydrogen) atoms. The van der Waals surface area contributed by atoms with E-state index in [1.807, 2.05) is 29.2 Å². The second kappa shape index (κ2) is 6.52. The lowest BCUT2D eigenvalue weighted by atomic mass is 10.1. The highest BCUT2D eigenvalue weighted by Gasteiger charge is 2.19. The Morgan fingerprint density at radius 3 is 2.25 bits per heavy atom. The molecule has 1 heterocycles. The van der Waals surface area contributed by atoms with Crippen LogP contribution in [0.1, 0.15) is 22.8 Å². The van der Waals surface area contributed by atoms with Gasteiger partial charge in [-0.15, -0.1) is 0 Å². The van der Waals surface area contributed by atoms with E-state index >= 15 is 0 Å². The predicted octanol–water partition coefficient (Wildman–Crippen LogP) is 0.710. The van der Waals surface area contributed by atoms with Crippen LogP contribution in [0.4, 0.5) is 0 Å².